The summed E-state index contributed by atoms with van der Waals surface area (Å²) in [7, 11) is 1.71. The zero-order chi connectivity index (χ0) is 19.9. The van der Waals surface area contributed by atoms with Crippen molar-refractivity contribution in [2.75, 3.05) is 17.2 Å². The number of hydrogen-bond acceptors (Lipinski definition) is 4. The second kappa shape index (κ2) is 8.68. The Morgan fingerprint density at radius 1 is 0.893 bits per heavy atom. The van der Waals surface area contributed by atoms with E-state index in [0.717, 1.165) is 0 Å². The third-order valence-corrected chi connectivity index (χ3v) is 3.96. The second-order valence-electron chi connectivity index (χ2n) is 5.99. The van der Waals surface area contributed by atoms with Gasteiger partial charge in [0.15, 0.2) is 6.61 Å². The molecule has 0 saturated carbocycles. The van der Waals surface area contributed by atoms with Gasteiger partial charge in [-0.15, -0.1) is 0 Å². The predicted octanol–water partition coefficient (Wildman–Crippen LogP) is 3.07. The van der Waals surface area contributed by atoms with Crippen LogP contribution in [-0.2, 0) is 16.6 Å². The number of aryl methyl sites for hydroxylation is 1. The Morgan fingerprint density at radius 3 is 2.32 bits per heavy atom. The van der Waals surface area contributed by atoms with Gasteiger partial charge in [0.2, 0.25) is 0 Å². The van der Waals surface area contributed by atoms with Crippen LogP contribution in [-0.4, -0.2) is 29.0 Å². The Bertz CT molecular complexity index is 996. The number of anilines is 2. The van der Waals surface area contributed by atoms with E-state index in [0.29, 0.717) is 22.6 Å². The normalized spacial score (nSPS) is 10.2. The lowest BCUT2D eigenvalue weighted by atomic mass is 10.1. The van der Waals surface area contributed by atoms with Crippen LogP contribution < -0.4 is 10.6 Å². The van der Waals surface area contributed by atoms with Gasteiger partial charge < -0.3 is 19.9 Å². The Kier molecular flexibility index (Phi) is 5.86. The maximum Gasteiger partial charge on any atom is 0.355 e. The molecule has 3 rings (SSSR count). The number of esters is 1. The first-order valence-corrected chi connectivity index (χ1v) is 8.58. The summed E-state index contributed by atoms with van der Waals surface area (Å²) in [5.41, 5.74) is 1.62. The fraction of sp³-hybridized carbons (Fsp3) is 0.0952. The van der Waals surface area contributed by atoms with Crippen LogP contribution in [0.5, 0.6) is 0 Å². The zero-order valence-corrected chi connectivity index (χ0v) is 15.2. The molecule has 0 aliphatic carbocycles. The van der Waals surface area contributed by atoms with E-state index in [9.17, 15) is 14.4 Å². The van der Waals surface area contributed by atoms with Gasteiger partial charge in [0, 0.05) is 18.9 Å². The van der Waals surface area contributed by atoms with E-state index < -0.39 is 18.5 Å². The van der Waals surface area contributed by atoms with Gasteiger partial charge in [0.1, 0.15) is 5.69 Å². The van der Waals surface area contributed by atoms with Crippen LogP contribution in [0.4, 0.5) is 11.4 Å². The Balaban J connectivity index is 1.62. The molecule has 0 aliphatic rings. The summed E-state index contributed by atoms with van der Waals surface area (Å²) < 4.78 is 6.63. The molecule has 0 atom stereocenters. The fourth-order valence-corrected chi connectivity index (χ4v) is 2.57. The minimum atomic E-state index is -0.599. The van der Waals surface area contributed by atoms with E-state index in [-0.39, 0.29) is 5.91 Å². The molecular weight excluding hydrogens is 358 g/mol. The monoisotopic (exact) mass is 377 g/mol. The molecule has 28 heavy (non-hydrogen) atoms. The molecule has 0 saturated heterocycles. The summed E-state index contributed by atoms with van der Waals surface area (Å²) in [6.45, 7) is -0.460. The van der Waals surface area contributed by atoms with Gasteiger partial charge in [-0.3, -0.25) is 9.59 Å². The zero-order valence-electron chi connectivity index (χ0n) is 15.2. The molecule has 2 amide bonds. The molecule has 0 fully saturated rings. The van der Waals surface area contributed by atoms with Crippen molar-refractivity contribution in [3.63, 3.8) is 0 Å². The van der Waals surface area contributed by atoms with Gasteiger partial charge in [-0.25, -0.2) is 4.79 Å². The lowest BCUT2D eigenvalue weighted by molar-refractivity contribution is -0.119. The molecule has 7 heteroatoms. The average molecular weight is 377 g/mol. The number of hydrogen-bond donors (Lipinski definition) is 2. The van der Waals surface area contributed by atoms with Crippen molar-refractivity contribution in [3.8, 4) is 0 Å². The smallest absolute Gasteiger partial charge is 0.355 e. The third-order valence-electron chi connectivity index (χ3n) is 3.96. The van der Waals surface area contributed by atoms with E-state index in [1.165, 1.54) is 0 Å². The van der Waals surface area contributed by atoms with Crippen LogP contribution in [0.1, 0.15) is 20.8 Å². The van der Waals surface area contributed by atoms with Gasteiger partial charge in [0.05, 0.1) is 11.3 Å². The molecule has 1 heterocycles. The number of aromatic nitrogens is 1. The lowest BCUT2D eigenvalue weighted by Crippen LogP contribution is -2.23. The van der Waals surface area contributed by atoms with Crippen LogP contribution in [0.2, 0.25) is 0 Å². The molecule has 142 valence electrons. The maximum absolute atomic E-state index is 12.5. The molecular formula is C21H19N3O4. The molecule has 7 nitrogen and oxygen atoms in total. The molecule has 0 spiro atoms. The van der Waals surface area contributed by atoms with Gasteiger partial charge in [-0.05, 0) is 36.4 Å². The summed E-state index contributed by atoms with van der Waals surface area (Å²) in [5.74, 6) is -1.50. The summed E-state index contributed by atoms with van der Waals surface area (Å²) in [4.78, 5) is 36.7. The fourth-order valence-electron chi connectivity index (χ4n) is 2.57. The van der Waals surface area contributed by atoms with Gasteiger partial charge in [-0.2, -0.15) is 0 Å². The van der Waals surface area contributed by atoms with E-state index in [2.05, 4.69) is 10.6 Å². The second-order valence-corrected chi connectivity index (χ2v) is 5.99. The van der Waals surface area contributed by atoms with E-state index in [4.69, 9.17) is 4.74 Å². The first-order chi connectivity index (χ1) is 13.5. The number of para-hydroxylation sites is 2. The number of ether oxygens (including phenoxy) is 1. The van der Waals surface area contributed by atoms with Crippen LogP contribution in [0.3, 0.4) is 0 Å². The highest BCUT2D eigenvalue weighted by Crippen LogP contribution is 2.17. The highest BCUT2D eigenvalue weighted by Gasteiger charge is 2.16. The Morgan fingerprint density at radius 2 is 1.61 bits per heavy atom. The number of amides is 2. The number of benzene rings is 2. The van der Waals surface area contributed by atoms with Crippen molar-refractivity contribution < 1.29 is 19.1 Å². The number of nitrogens with one attached hydrogen (secondary N) is 2. The molecule has 2 aromatic carbocycles. The minimum absolute atomic E-state index is 0.300. The first-order valence-electron chi connectivity index (χ1n) is 8.58. The number of carbonyl (C=O) groups excluding carboxylic acids is 3. The number of carbonyl (C=O) groups is 3. The Hall–Kier alpha value is -3.87. The van der Waals surface area contributed by atoms with Gasteiger partial charge in [-0.1, -0.05) is 30.3 Å². The lowest BCUT2D eigenvalue weighted by Gasteiger charge is -2.12. The largest absolute Gasteiger partial charge is 0.451 e. The van der Waals surface area contributed by atoms with E-state index in [1.807, 2.05) is 18.2 Å². The molecule has 0 bridgehead atoms. The SMILES string of the molecule is Cn1cccc1C(=O)OCC(=O)Nc1ccccc1C(=O)Nc1ccccc1. The van der Waals surface area contributed by atoms with Crippen molar-refractivity contribution in [1.82, 2.24) is 4.57 Å². The molecule has 1 aromatic heterocycles. The highest BCUT2D eigenvalue weighted by molar-refractivity contribution is 6.10. The topological polar surface area (TPSA) is 89.4 Å². The van der Waals surface area contributed by atoms with Crippen LogP contribution in [0.25, 0.3) is 0 Å². The molecule has 3 aromatic rings. The first kappa shape index (κ1) is 18.9. The Labute approximate surface area is 161 Å². The van der Waals surface area contributed by atoms with Crippen LogP contribution in [0, 0.1) is 0 Å². The van der Waals surface area contributed by atoms with Crippen molar-refractivity contribution in [1.29, 1.82) is 0 Å². The van der Waals surface area contributed by atoms with Crippen LogP contribution >= 0.6 is 0 Å². The standard InChI is InChI=1S/C21H19N3O4/c1-24-13-7-12-18(24)21(27)28-14-19(25)23-17-11-6-5-10-16(17)20(26)22-15-8-3-2-4-9-15/h2-13H,14H2,1H3,(H,22,26)(H,23,25). The van der Waals surface area contributed by atoms with Gasteiger partial charge in [0.25, 0.3) is 11.8 Å². The maximum atomic E-state index is 12.5. The van der Waals surface area contributed by atoms with Crippen molar-refractivity contribution in [3.05, 3.63) is 84.2 Å². The summed E-state index contributed by atoms with van der Waals surface area (Å²) >= 11 is 0. The van der Waals surface area contributed by atoms with Gasteiger partial charge >= 0.3 is 5.97 Å². The van der Waals surface area contributed by atoms with Crippen molar-refractivity contribution >= 4 is 29.2 Å². The quantitative estimate of drug-likeness (QED) is 0.646. The van der Waals surface area contributed by atoms with Crippen molar-refractivity contribution in [2.24, 2.45) is 7.05 Å². The summed E-state index contributed by atoms with van der Waals surface area (Å²) in [6.07, 6.45) is 1.71. The average Bonchev–Trinajstić information content (AvgIpc) is 3.13. The molecule has 0 aliphatic heterocycles. The predicted molar refractivity (Wildman–Crippen MR) is 105 cm³/mol. The van der Waals surface area contributed by atoms with Crippen LogP contribution in [0.15, 0.2) is 72.9 Å². The third kappa shape index (κ3) is 4.64. The summed E-state index contributed by atoms with van der Waals surface area (Å²) in [6, 6.07) is 18.9. The minimum Gasteiger partial charge on any atom is -0.451 e. The number of rotatable bonds is 6. The molecule has 2 N–H and O–H groups in total. The number of nitrogens with zero attached hydrogens (tertiary/aromatic N) is 1. The van der Waals surface area contributed by atoms with E-state index in [1.54, 1.807) is 66.3 Å². The summed E-state index contributed by atoms with van der Waals surface area (Å²) in [5, 5.41) is 5.38. The molecule has 0 radical (unpaired) electrons. The highest BCUT2D eigenvalue weighted by atomic mass is 16.5. The molecule has 0 unspecified atom stereocenters. The van der Waals surface area contributed by atoms with E-state index >= 15 is 0 Å². The van der Waals surface area contributed by atoms with Crippen molar-refractivity contribution in [2.45, 2.75) is 0 Å².